The SMILES string of the molecule is N#Cc1cccc(OCc2ccccn2)c1C#N. The molecule has 1 aromatic heterocycles. The van der Waals surface area contributed by atoms with Crippen molar-refractivity contribution in [2.24, 2.45) is 0 Å². The summed E-state index contributed by atoms with van der Waals surface area (Å²) in [5.41, 5.74) is 1.34. The van der Waals surface area contributed by atoms with E-state index in [4.69, 9.17) is 15.3 Å². The Morgan fingerprint density at radius 2 is 1.94 bits per heavy atom. The van der Waals surface area contributed by atoms with E-state index in [1.807, 2.05) is 30.3 Å². The van der Waals surface area contributed by atoms with Gasteiger partial charge in [-0.1, -0.05) is 12.1 Å². The summed E-state index contributed by atoms with van der Waals surface area (Å²) in [6, 6.07) is 14.4. The van der Waals surface area contributed by atoms with Crippen LogP contribution in [-0.4, -0.2) is 4.98 Å². The molecule has 0 bridgehead atoms. The van der Waals surface area contributed by atoms with Crippen LogP contribution in [-0.2, 0) is 6.61 Å². The molecule has 4 heteroatoms. The van der Waals surface area contributed by atoms with Crippen molar-refractivity contribution in [1.82, 2.24) is 4.98 Å². The first-order valence-corrected chi connectivity index (χ1v) is 5.31. The molecule has 0 radical (unpaired) electrons. The number of pyridine rings is 1. The zero-order valence-corrected chi connectivity index (χ0v) is 9.50. The molecule has 86 valence electrons. The normalized spacial score (nSPS) is 9.22. The van der Waals surface area contributed by atoms with Crippen molar-refractivity contribution in [3.05, 3.63) is 59.4 Å². The average Bonchev–Trinajstić information content (AvgIpc) is 2.45. The first-order valence-electron chi connectivity index (χ1n) is 5.31. The number of ether oxygens (including phenoxy) is 1. The second-order valence-electron chi connectivity index (χ2n) is 3.51. The lowest BCUT2D eigenvalue weighted by molar-refractivity contribution is 0.300. The Bertz CT molecular complexity index is 624. The molecule has 0 aliphatic rings. The molecular weight excluding hydrogens is 226 g/mol. The monoisotopic (exact) mass is 235 g/mol. The highest BCUT2D eigenvalue weighted by Crippen LogP contribution is 2.21. The molecule has 0 fully saturated rings. The van der Waals surface area contributed by atoms with Crippen LogP contribution in [0.4, 0.5) is 0 Å². The Morgan fingerprint density at radius 3 is 2.61 bits per heavy atom. The minimum Gasteiger partial charge on any atom is -0.486 e. The van der Waals surface area contributed by atoms with Crippen molar-refractivity contribution in [3.8, 4) is 17.9 Å². The van der Waals surface area contributed by atoms with Crippen LogP contribution in [0.1, 0.15) is 16.8 Å². The number of aromatic nitrogens is 1. The number of benzene rings is 1. The predicted octanol–water partition coefficient (Wildman–Crippen LogP) is 2.40. The Hall–Kier alpha value is -2.85. The maximum Gasteiger partial charge on any atom is 0.139 e. The first kappa shape index (κ1) is 11.6. The van der Waals surface area contributed by atoms with E-state index in [9.17, 15) is 0 Å². The fourth-order valence-electron chi connectivity index (χ4n) is 1.50. The quantitative estimate of drug-likeness (QED) is 0.819. The summed E-state index contributed by atoms with van der Waals surface area (Å²) in [4.78, 5) is 4.12. The third-order valence-corrected chi connectivity index (χ3v) is 2.36. The second-order valence-corrected chi connectivity index (χ2v) is 3.51. The molecule has 0 unspecified atom stereocenters. The molecule has 0 N–H and O–H groups in total. The van der Waals surface area contributed by atoms with Gasteiger partial charge in [-0.3, -0.25) is 4.98 Å². The number of hydrogen-bond donors (Lipinski definition) is 0. The number of nitriles is 2. The molecule has 0 amide bonds. The molecule has 2 aromatic rings. The minimum absolute atomic E-state index is 0.260. The van der Waals surface area contributed by atoms with E-state index in [1.54, 1.807) is 24.4 Å². The summed E-state index contributed by atoms with van der Waals surface area (Å²) >= 11 is 0. The molecule has 0 atom stereocenters. The largest absolute Gasteiger partial charge is 0.486 e. The van der Waals surface area contributed by atoms with E-state index in [-0.39, 0.29) is 12.2 Å². The molecule has 0 spiro atoms. The third-order valence-electron chi connectivity index (χ3n) is 2.36. The highest BCUT2D eigenvalue weighted by Gasteiger charge is 2.08. The minimum atomic E-state index is 0.260. The van der Waals surface area contributed by atoms with Crippen LogP contribution in [0, 0.1) is 22.7 Å². The fraction of sp³-hybridized carbons (Fsp3) is 0.0714. The number of hydrogen-bond acceptors (Lipinski definition) is 4. The summed E-state index contributed by atoms with van der Waals surface area (Å²) < 4.78 is 5.52. The highest BCUT2D eigenvalue weighted by molar-refractivity contribution is 5.53. The van der Waals surface area contributed by atoms with Crippen molar-refractivity contribution in [3.63, 3.8) is 0 Å². The molecule has 0 saturated carbocycles. The second kappa shape index (κ2) is 5.47. The summed E-state index contributed by atoms with van der Waals surface area (Å²) in [6.07, 6.45) is 1.68. The van der Waals surface area contributed by atoms with E-state index in [2.05, 4.69) is 4.98 Å². The molecular formula is C14H9N3O. The molecule has 0 aliphatic carbocycles. The van der Waals surface area contributed by atoms with E-state index < -0.39 is 0 Å². The third kappa shape index (κ3) is 2.45. The van der Waals surface area contributed by atoms with Gasteiger partial charge in [0.15, 0.2) is 0 Å². The van der Waals surface area contributed by atoms with Gasteiger partial charge in [-0.05, 0) is 24.3 Å². The van der Waals surface area contributed by atoms with Crippen LogP contribution in [0.5, 0.6) is 5.75 Å². The van der Waals surface area contributed by atoms with Crippen LogP contribution >= 0.6 is 0 Å². The topological polar surface area (TPSA) is 69.7 Å². The molecule has 18 heavy (non-hydrogen) atoms. The molecule has 0 aliphatic heterocycles. The fourth-order valence-corrected chi connectivity index (χ4v) is 1.50. The van der Waals surface area contributed by atoms with Gasteiger partial charge < -0.3 is 4.74 Å². The Labute approximate surface area is 105 Å². The summed E-state index contributed by atoms with van der Waals surface area (Å²) in [6.45, 7) is 0.268. The van der Waals surface area contributed by atoms with Crippen LogP contribution < -0.4 is 4.74 Å². The van der Waals surface area contributed by atoms with Gasteiger partial charge in [0.05, 0.1) is 11.3 Å². The standard InChI is InChI=1S/C14H9N3O/c15-8-11-4-3-6-14(13(11)9-16)18-10-12-5-1-2-7-17-12/h1-7H,10H2. The maximum absolute atomic E-state index is 9.03. The predicted molar refractivity (Wildman–Crippen MR) is 64.4 cm³/mol. The van der Waals surface area contributed by atoms with Crippen LogP contribution in [0.25, 0.3) is 0 Å². The molecule has 1 heterocycles. The molecule has 4 nitrogen and oxygen atoms in total. The smallest absolute Gasteiger partial charge is 0.139 e. The van der Waals surface area contributed by atoms with Gasteiger partial charge >= 0.3 is 0 Å². The van der Waals surface area contributed by atoms with E-state index in [0.717, 1.165) is 5.69 Å². The zero-order valence-electron chi connectivity index (χ0n) is 9.50. The Balaban J connectivity index is 2.21. The number of rotatable bonds is 3. The molecule has 0 saturated heterocycles. The zero-order chi connectivity index (χ0) is 12.8. The van der Waals surface area contributed by atoms with Crippen molar-refractivity contribution in [1.29, 1.82) is 10.5 Å². The lowest BCUT2D eigenvalue weighted by atomic mass is 10.1. The Morgan fingerprint density at radius 1 is 1.06 bits per heavy atom. The average molecular weight is 235 g/mol. The van der Waals surface area contributed by atoms with Crippen molar-refractivity contribution >= 4 is 0 Å². The number of nitrogens with zero attached hydrogens (tertiary/aromatic N) is 3. The maximum atomic E-state index is 9.03. The lowest BCUT2D eigenvalue weighted by Gasteiger charge is -2.07. The van der Waals surface area contributed by atoms with Crippen molar-refractivity contribution in [2.45, 2.75) is 6.61 Å². The van der Waals surface area contributed by atoms with Gasteiger partial charge in [0.1, 0.15) is 30.1 Å². The first-order chi connectivity index (χ1) is 8.85. The summed E-state index contributed by atoms with van der Waals surface area (Å²) in [5, 5.41) is 17.9. The van der Waals surface area contributed by atoms with Crippen LogP contribution in [0.15, 0.2) is 42.6 Å². The van der Waals surface area contributed by atoms with Crippen LogP contribution in [0.3, 0.4) is 0 Å². The van der Waals surface area contributed by atoms with E-state index >= 15 is 0 Å². The molecule has 2 rings (SSSR count). The van der Waals surface area contributed by atoms with Gasteiger partial charge in [-0.15, -0.1) is 0 Å². The highest BCUT2D eigenvalue weighted by atomic mass is 16.5. The van der Waals surface area contributed by atoms with Gasteiger partial charge in [-0.2, -0.15) is 10.5 Å². The van der Waals surface area contributed by atoms with Gasteiger partial charge in [0, 0.05) is 6.20 Å². The van der Waals surface area contributed by atoms with Gasteiger partial charge in [0.25, 0.3) is 0 Å². The summed E-state index contributed by atoms with van der Waals surface area (Å²) in [5.74, 6) is 0.405. The molecule has 1 aromatic carbocycles. The van der Waals surface area contributed by atoms with Crippen LogP contribution in [0.2, 0.25) is 0 Å². The van der Waals surface area contributed by atoms with E-state index in [0.29, 0.717) is 11.3 Å². The Kier molecular flexibility index (Phi) is 3.53. The van der Waals surface area contributed by atoms with Gasteiger partial charge in [-0.25, -0.2) is 0 Å². The van der Waals surface area contributed by atoms with E-state index in [1.165, 1.54) is 0 Å². The lowest BCUT2D eigenvalue weighted by Crippen LogP contribution is -2.00. The summed E-state index contributed by atoms with van der Waals surface area (Å²) in [7, 11) is 0. The van der Waals surface area contributed by atoms with Crippen molar-refractivity contribution < 1.29 is 4.74 Å². The van der Waals surface area contributed by atoms with Gasteiger partial charge in [0.2, 0.25) is 0 Å². The van der Waals surface area contributed by atoms with Crippen molar-refractivity contribution in [2.75, 3.05) is 0 Å².